The maximum absolute atomic E-state index is 12.3. The Morgan fingerprint density at radius 2 is 1.70 bits per heavy atom. The van der Waals surface area contributed by atoms with Crippen LogP contribution in [0.1, 0.15) is 39.5 Å². The molecule has 126 valence electrons. The van der Waals surface area contributed by atoms with Crippen molar-refractivity contribution in [1.29, 1.82) is 0 Å². The summed E-state index contributed by atoms with van der Waals surface area (Å²) in [6.07, 6.45) is 3.46. The van der Waals surface area contributed by atoms with Crippen molar-refractivity contribution in [2.75, 3.05) is 18.4 Å². The Labute approximate surface area is 135 Å². The molecule has 0 spiro atoms. The van der Waals surface area contributed by atoms with Gasteiger partial charge in [-0.1, -0.05) is 38.8 Å². The molecule has 0 saturated carbocycles. The first-order valence-corrected chi connectivity index (χ1v) is 7.84. The first-order valence-electron chi connectivity index (χ1n) is 7.84. The molecule has 0 fully saturated rings. The molecule has 7 nitrogen and oxygen atoms in total. The van der Waals surface area contributed by atoms with E-state index in [4.69, 9.17) is 0 Å². The first-order chi connectivity index (χ1) is 11.0. The smallest absolute Gasteiger partial charge is 0.314 e. The molecule has 1 rings (SSSR count). The largest absolute Gasteiger partial charge is 0.334 e. The summed E-state index contributed by atoms with van der Waals surface area (Å²) in [5.41, 5.74) is -0.205. The molecule has 0 unspecified atom stereocenters. The molecule has 1 aromatic carbocycles. The molecule has 0 radical (unpaired) electrons. The Balaban J connectivity index is 2.81. The number of nitrogens with zero attached hydrogens (tertiary/aromatic N) is 2. The monoisotopic (exact) mass is 321 g/mol. The molecule has 1 aromatic rings. The summed E-state index contributed by atoms with van der Waals surface area (Å²) in [5, 5.41) is 13.3. The summed E-state index contributed by atoms with van der Waals surface area (Å²) < 4.78 is 0. The maximum atomic E-state index is 12.3. The average molecular weight is 321 g/mol. The third kappa shape index (κ3) is 5.69. The van der Waals surface area contributed by atoms with E-state index in [1.165, 1.54) is 23.1 Å². The lowest BCUT2D eigenvalue weighted by molar-refractivity contribution is -0.383. The lowest BCUT2D eigenvalue weighted by atomic mass is 10.2. The van der Waals surface area contributed by atoms with Gasteiger partial charge < -0.3 is 10.2 Å². The number of unbranched alkanes of at least 4 members (excludes halogenated alkanes) is 2. The highest BCUT2D eigenvalue weighted by molar-refractivity contribution is 6.39. The van der Waals surface area contributed by atoms with E-state index < -0.39 is 16.7 Å². The lowest BCUT2D eigenvalue weighted by Gasteiger charge is -2.21. The number of para-hydroxylation sites is 2. The van der Waals surface area contributed by atoms with Crippen LogP contribution in [-0.4, -0.2) is 34.7 Å². The van der Waals surface area contributed by atoms with Gasteiger partial charge in [-0.3, -0.25) is 19.7 Å². The van der Waals surface area contributed by atoms with Crippen LogP contribution in [0.15, 0.2) is 24.3 Å². The summed E-state index contributed by atoms with van der Waals surface area (Å²) in [4.78, 5) is 36.3. The number of carbonyl (C=O) groups excluding carboxylic acids is 2. The zero-order chi connectivity index (χ0) is 17.2. The molecular formula is C16H23N3O4. The second-order valence-electron chi connectivity index (χ2n) is 5.23. The van der Waals surface area contributed by atoms with Crippen molar-refractivity contribution >= 4 is 23.2 Å². The van der Waals surface area contributed by atoms with Crippen molar-refractivity contribution in [2.45, 2.75) is 39.5 Å². The van der Waals surface area contributed by atoms with Crippen LogP contribution in [0.2, 0.25) is 0 Å². The quantitative estimate of drug-likeness (QED) is 0.452. The van der Waals surface area contributed by atoms with Crippen LogP contribution in [0.4, 0.5) is 11.4 Å². The van der Waals surface area contributed by atoms with Crippen molar-refractivity contribution in [1.82, 2.24) is 4.90 Å². The van der Waals surface area contributed by atoms with Gasteiger partial charge in [0.2, 0.25) is 0 Å². The van der Waals surface area contributed by atoms with E-state index in [0.717, 1.165) is 25.7 Å². The fourth-order valence-corrected chi connectivity index (χ4v) is 2.07. The summed E-state index contributed by atoms with van der Waals surface area (Å²) in [6.45, 7) is 5.05. The molecule has 0 aliphatic carbocycles. The predicted octanol–water partition coefficient (Wildman–Crippen LogP) is 2.96. The van der Waals surface area contributed by atoms with Gasteiger partial charge in [0.1, 0.15) is 5.69 Å². The molecule has 7 heteroatoms. The number of rotatable bonds is 8. The standard InChI is InChI=1S/C16H23N3O4/c1-3-5-11-18(12-6-4-2)16(21)15(20)17-13-9-7-8-10-14(13)19(22)23/h7-10H,3-6,11-12H2,1-2H3,(H,17,20). The van der Waals surface area contributed by atoms with Crippen molar-refractivity contribution in [3.05, 3.63) is 34.4 Å². The lowest BCUT2D eigenvalue weighted by Crippen LogP contribution is -2.40. The average Bonchev–Trinajstić information content (AvgIpc) is 2.54. The fourth-order valence-electron chi connectivity index (χ4n) is 2.07. The van der Waals surface area contributed by atoms with Crippen LogP contribution < -0.4 is 5.32 Å². The Morgan fingerprint density at radius 1 is 1.13 bits per heavy atom. The van der Waals surface area contributed by atoms with Gasteiger partial charge in [-0.15, -0.1) is 0 Å². The highest BCUT2D eigenvalue weighted by Gasteiger charge is 2.23. The van der Waals surface area contributed by atoms with E-state index in [-0.39, 0.29) is 11.4 Å². The molecule has 0 saturated heterocycles. The predicted molar refractivity (Wildman–Crippen MR) is 88.1 cm³/mol. The number of nitrogens with one attached hydrogen (secondary N) is 1. The molecular weight excluding hydrogens is 298 g/mol. The summed E-state index contributed by atoms with van der Waals surface area (Å²) in [6, 6.07) is 5.77. The van der Waals surface area contributed by atoms with Crippen LogP contribution in [0.25, 0.3) is 0 Å². The van der Waals surface area contributed by atoms with Crippen LogP contribution in [0.3, 0.4) is 0 Å². The van der Waals surface area contributed by atoms with E-state index >= 15 is 0 Å². The maximum Gasteiger partial charge on any atom is 0.314 e. The van der Waals surface area contributed by atoms with Gasteiger partial charge in [-0.25, -0.2) is 0 Å². The second-order valence-corrected chi connectivity index (χ2v) is 5.23. The number of benzene rings is 1. The fraction of sp³-hybridized carbons (Fsp3) is 0.500. The van der Waals surface area contributed by atoms with Crippen LogP contribution in [-0.2, 0) is 9.59 Å². The van der Waals surface area contributed by atoms with Gasteiger partial charge in [0.15, 0.2) is 0 Å². The highest BCUT2D eigenvalue weighted by Crippen LogP contribution is 2.23. The van der Waals surface area contributed by atoms with Gasteiger partial charge in [-0.05, 0) is 18.9 Å². The highest BCUT2D eigenvalue weighted by atomic mass is 16.6. The minimum atomic E-state index is -0.841. The Bertz CT molecular complexity index is 552. The molecule has 0 atom stereocenters. The number of nitro groups is 1. The number of anilines is 1. The number of amides is 2. The third-order valence-electron chi connectivity index (χ3n) is 3.39. The number of carbonyl (C=O) groups is 2. The van der Waals surface area contributed by atoms with E-state index in [1.807, 2.05) is 13.8 Å². The van der Waals surface area contributed by atoms with E-state index in [0.29, 0.717) is 13.1 Å². The normalized spacial score (nSPS) is 10.2. The SMILES string of the molecule is CCCCN(CCCC)C(=O)C(=O)Nc1ccccc1[N+](=O)[O-]. The zero-order valence-corrected chi connectivity index (χ0v) is 13.6. The Hall–Kier alpha value is -2.44. The van der Waals surface area contributed by atoms with Crippen molar-refractivity contribution in [3.8, 4) is 0 Å². The van der Waals surface area contributed by atoms with Crippen LogP contribution in [0.5, 0.6) is 0 Å². The second kappa shape index (κ2) is 9.55. The third-order valence-corrected chi connectivity index (χ3v) is 3.39. The van der Waals surface area contributed by atoms with E-state index in [1.54, 1.807) is 6.07 Å². The summed E-state index contributed by atoms with van der Waals surface area (Å²) in [5.74, 6) is -1.49. The van der Waals surface area contributed by atoms with Crippen molar-refractivity contribution < 1.29 is 14.5 Å². The zero-order valence-electron chi connectivity index (χ0n) is 13.6. The minimum absolute atomic E-state index is 0.0294. The topological polar surface area (TPSA) is 92.6 Å². The molecule has 0 bridgehead atoms. The number of hydrogen-bond acceptors (Lipinski definition) is 4. The molecule has 1 N–H and O–H groups in total. The Kier molecular flexibility index (Phi) is 7.73. The van der Waals surface area contributed by atoms with Crippen molar-refractivity contribution in [3.63, 3.8) is 0 Å². The summed E-state index contributed by atoms with van der Waals surface area (Å²) in [7, 11) is 0. The molecule has 0 heterocycles. The van der Waals surface area contributed by atoms with Crippen LogP contribution >= 0.6 is 0 Å². The van der Waals surface area contributed by atoms with Gasteiger partial charge in [0, 0.05) is 19.2 Å². The molecule has 23 heavy (non-hydrogen) atoms. The van der Waals surface area contributed by atoms with E-state index in [9.17, 15) is 19.7 Å². The Morgan fingerprint density at radius 3 is 2.22 bits per heavy atom. The molecule has 0 aromatic heterocycles. The van der Waals surface area contributed by atoms with Gasteiger partial charge in [-0.2, -0.15) is 0 Å². The molecule has 2 amide bonds. The first kappa shape index (κ1) is 18.6. The minimum Gasteiger partial charge on any atom is -0.334 e. The van der Waals surface area contributed by atoms with Crippen molar-refractivity contribution in [2.24, 2.45) is 0 Å². The number of hydrogen-bond donors (Lipinski definition) is 1. The van der Waals surface area contributed by atoms with E-state index in [2.05, 4.69) is 5.32 Å². The summed E-state index contributed by atoms with van der Waals surface area (Å²) >= 11 is 0. The molecule has 0 aliphatic heterocycles. The number of nitro benzene ring substituents is 1. The molecule has 0 aliphatic rings. The van der Waals surface area contributed by atoms with Crippen LogP contribution in [0, 0.1) is 10.1 Å². The van der Waals surface area contributed by atoms with Gasteiger partial charge in [0.25, 0.3) is 5.69 Å². The van der Waals surface area contributed by atoms with Gasteiger partial charge >= 0.3 is 11.8 Å². The van der Waals surface area contributed by atoms with Gasteiger partial charge in [0.05, 0.1) is 4.92 Å².